The maximum atomic E-state index is 12.3. The van der Waals surface area contributed by atoms with Gasteiger partial charge in [-0.25, -0.2) is 9.97 Å². The number of nitrogens with one attached hydrogen (secondary N) is 1. The van der Waals surface area contributed by atoms with Gasteiger partial charge in [0, 0.05) is 29.9 Å². The van der Waals surface area contributed by atoms with Crippen LogP contribution in [0, 0.1) is 6.92 Å². The summed E-state index contributed by atoms with van der Waals surface area (Å²) in [6.07, 6.45) is 1.86. The van der Waals surface area contributed by atoms with Crippen molar-refractivity contribution in [2.75, 3.05) is 16.8 Å². The Morgan fingerprint density at radius 2 is 2.21 bits per heavy atom. The quantitative estimate of drug-likeness (QED) is 0.863. The van der Waals surface area contributed by atoms with Crippen LogP contribution in [-0.2, 0) is 4.79 Å². The molecule has 1 saturated heterocycles. The Morgan fingerprint density at radius 1 is 1.42 bits per heavy atom. The van der Waals surface area contributed by atoms with E-state index < -0.39 is 0 Å². The normalized spacial score (nSPS) is 17.2. The van der Waals surface area contributed by atoms with Crippen molar-refractivity contribution in [3.8, 4) is 0 Å². The number of hydrogen-bond donors (Lipinski definition) is 1. The largest absolute Gasteiger partial charge is 0.349 e. The van der Waals surface area contributed by atoms with Crippen LogP contribution in [0.4, 0.5) is 11.6 Å². The summed E-state index contributed by atoms with van der Waals surface area (Å²) in [5.74, 6) is 0.373. The highest BCUT2D eigenvalue weighted by Crippen LogP contribution is 2.25. The number of amides is 1. The lowest BCUT2D eigenvalue weighted by Gasteiger charge is -2.17. The van der Waals surface area contributed by atoms with Crippen LogP contribution in [0.3, 0.4) is 0 Å². The van der Waals surface area contributed by atoms with E-state index in [0.29, 0.717) is 35.2 Å². The first-order valence-electron chi connectivity index (χ1n) is 7.61. The molecule has 6 nitrogen and oxygen atoms in total. The highest BCUT2D eigenvalue weighted by Gasteiger charge is 2.31. The van der Waals surface area contributed by atoms with E-state index in [4.69, 9.17) is 11.6 Å². The van der Waals surface area contributed by atoms with Crippen molar-refractivity contribution in [2.45, 2.75) is 26.3 Å². The summed E-state index contributed by atoms with van der Waals surface area (Å²) in [7, 11) is 0. The van der Waals surface area contributed by atoms with E-state index in [1.165, 1.54) is 13.1 Å². The number of hydrogen-bond acceptors (Lipinski definition) is 5. The Balaban J connectivity index is 1.72. The van der Waals surface area contributed by atoms with Gasteiger partial charge in [0.2, 0.25) is 11.9 Å². The molecule has 1 N–H and O–H groups in total. The number of rotatable bonds is 4. The van der Waals surface area contributed by atoms with Crippen LogP contribution in [0.1, 0.15) is 29.4 Å². The zero-order chi connectivity index (χ0) is 17.3. The summed E-state index contributed by atoms with van der Waals surface area (Å²) in [6.45, 7) is 3.76. The van der Waals surface area contributed by atoms with Gasteiger partial charge in [-0.1, -0.05) is 17.7 Å². The molecule has 0 spiro atoms. The first-order chi connectivity index (χ1) is 11.4. The van der Waals surface area contributed by atoms with Gasteiger partial charge in [-0.2, -0.15) is 0 Å². The van der Waals surface area contributed by atoms with Gasteiger partial charge in [-0.15, -0.1) is 0 Å². The van der Waals surface area contributed by atoms with Crippen LogP contribution in [-0.4, -0.2) is 34.2 Å². The van der Waals surface area contributed by atoms with Crippen molar-refractivity contribution in [3.05, 3.63) is 46.7 Å². The third-order valence-electron chi connectivity index (χ3n) is 3.94. The number of Topliss-reactive ketones (excluding diaryl/α,β-unsaturated/α-hetero) is 1. The van der Waals surface area contributed by atoms with Crippen LogP contribution < -0.4 is 10.2 Å². The lowest BCUT2D eigenvalue weighted by atomic mass is 10.2. The molecule has 1 aromatic heterocycles. The van der Waals surface area contributed by atoms with Crippen LogP contribution >= 0.6 is 11.6 Å². The monoisotopic (exact) mass is 344 g/mol. The summed E-state index contributed by atoms with van der Waals surface area (Å²) >= 11 is 5.99. The van der Waals surface area contributed by atoms with Gasteiger partial charge in [-0.3, -0.25) is 9.59 Å². The summed E-state index contributed by atoms with van der Waals surface area (Å²) in [4.78, 5) is 33.8. The number of aromatic nitrogens is 2. The highest BCUT2D eigenvalue weighted by molar-refractivity contribution is 6.30. The molecule has 1 fully saturated rings. The molecule has 2 aromatic rings. The first kappa shape index (κ1) is 16.4. The van der Waals surface area contributed by atoms with Crippen molar-refractivity contribution < 1.29 is 9.59 Å². The molecule has 0 radical (unpaired) electrons. The lowest BCUT2D eigenvalue weighted by Crippen LogP contribution is -2.28. The van der Waals surface area contributed by atoms with E-state index in [2.05, 4.69) is 15.3 Å². The standard InChI is InChI=1S/C17H17ClN4O2/c1-10-15(11(2)23)8-19-17(20-10)21-13-7-16(24)22(9-13)14-5-3-4-12(18)6-14/h3-6,8,13H,7,9H2,1-2H3,(H,19,20,21)/t13-/m0/s1. The number of carbonyl (C=O) groups is 2. The molecule has 1 aromatic carbocycles. The smallest absolute Gasteiger partial charge is 0.229 e. The van der Waals surface area contributed by atoms with E-state index in [1.807, 2.05) is 12.1 Å². The molecule has 1 aliphatic heterocycles. The molecule has 124 valence electrons. The number of nitrogens with zero attached hydrogens (tertiary/aromatic N) is 3. The molecule has 1 amide bonds. The number of benzene rings is 1. The molecule has 1 aliphatic rings. The number of halogens is 1. The summed E-state index contributed by atoms with van der Waals surface area (Å²) in [6, 6.07) is 7.12. The molecule has 0 aliphatic carbocycles. The van der Waals surface area contributed by atoms with Crippen molar-refractivity contribution in [1.29, 1.82) is 0 Å². The average Bonchev–Trinajstić information content (AvgIpc) is 2.87. The summed E-state index contributed by atoms with van der Waals surface area (Å²) in [5, 5.41) is 3.76. The van der Waals surface area contributed by atoms with Gasteiger partial charge >= 0.3 is 0 Å². The minimum Gasteiger partial charge on any atom is -0.349 e. The van der Waals surface area contributed by atoms with Gasteiger partial charge < -0.3 is 10.2 Å². The molecule has 0 bridgehead atoms. The topological polar surface area (TPSA) is 75.2 Å². The minimum absolute atomic E-state index is 0.0202. The predicted molar refractivity (Wildman–Crippen MR) is 92.6 cm³/mol. The van der Waals surface area contributed by atoms with Gasteiger partial charge in [0.1, 0.15) is 0 Å². The second-order valence-electron chi connectivity index (χ2n) is 5.78. The Bertz CT molecular complexity index is 809. The Morgan fingerprint density at radius 3 is 2.88 bits per heavy atom. The fraction of sp³-hybridized carbons (Fsp3) is 0.294. The van der Waals surface area contributed by atoms with Crippen molar-refractivity contribution in [1.82, 2.24) is 9.97 Å². The van der Waals surface area contributed by atoms with E-state index in [1.54, 1.807) is 24.0 Å². The van der Waals surface area contributed by atoms with E-state index in [9.17, 15) is 9.59 Å². The maximum absolute atomic E-state index is 12.3. The molecular weight excluding hydrogens is 328 g/mol. The van der Waals surface area contributed by atoms with Crippen molar-refractivity contribution in [2.24, 2.45) is 0 Å². The fourth-order valence-corrected chi connectivity index (χ4v) is 2.95. The number of ketones is 1. The third kappa shape index (κ3) is 3.38. The first-order valence-corrected chi connectivity index (χ1v) is 7.99. The van der Waals surface area contributed by atoms with Crippen molar-refractivity contribution >= 4 is 34.9 Å². The third-order valence-corrected chi connectivity index (χ3v) is 4.17. The summed E-state index contributed by atoms with van der Waals surface area (Å²) < 4.78 is 0. The molecule has 0 unspecified atom stereocenters. The van der Waals surface area contributed by atoms with E-state index in [-0.39, 0.29) is 17.7 Å². The summed E-state index contributed by atoms with van der Waals surface area (Å²) in [5.41, 5.74) is 1.90. The Hall–Kier alpha value is -2.47. The number of aryl methyl sites for hydroxylation is 1. The molecule has 7 heteroatoms. The van der Waals surface area contributed by atoms with Gasteiger partial charge in [0.25, 0.3) is 0 Å². The van der Waals surface area contributed by atoms with Crippen LogP contribution in [0.15, 0.2) is 30.5 Å². The second kappa shape index (κ2) is 6.57. The van der Waals surface area contributed by atoms with E-state index >= 15 is 0 Å². The lowest BCUT2D eigenvalue weighted by molar-refractivity contribution is -0.117. The molecule has 3 rings (SSSR count). The van der Waals surface area contributed by atoms with Gasteiger partial charge in [0.15, 0.2) is 5.78 Å². The number of anilines is 2. The predicted octanol–water partition coefficient (Wildman–Crippen LogP) is 2.86. The molecule has 1 atom stereocenters. The zero-order valence-corrected chi connectivity index (χ0v) is 14.2. The van der Waals surface area contributed by atoms with Gasteiger partial charge in [-0.05, 0) is 32.0 Å². The average molecular weight is 345 g/mol. The Labute approximate surface area is 144 Å². The Kier molecular flexibility index (Phi) is 4.49. The minimum atomic E-state index is -0.0981. The van der Waals surface area contributed by atoms with Crippen molar-refractivity contribution in [3.63, 3.8) is 0 Å². The zero-order valence-electron chi connectivity index (χ0n) is 13.4. The maximum Gasteiger partial charge on any atom is 0.229 e. The highest BCUT2D eigenvalue weighted by atomic mass is 35.5. The van der Waals surface area contributed by atoms with Crippen LogP contribution in [0.2, 0.25) is 5.02 Å². The SMILES string of the molecule is CC(=O)c1cnc(N[C@H]2CC(=O)N(c3cccc(Cl)c3)C2)nc1C. The molecular formula is C17H17ClN4O2. The van der Waals surface area contributed by atoms with Gasteiger partial charge in [0.05, 0.1) is 17.3 Å². The molecule has 0 saturated carbocycles. The second-order valence-corrected chi connectivity index (χ2v) is 6.21. The molecule has 2 heterocycles. The fourth-order valence-electron chi connectivity index (χ4n) is 2.76. The molecule has 24 heavy (non-hydrogen) atoms. The van der Waals surface area contributed by atoms with E-state index in [0.717, 1.165) is 5.69 Å². The van der Waals surface area contributed by atoms with Crippen LogP contribution in [0.5, 0.6) is 0 Å². The number of carbonyl (C=O) groups excluding carboxylic acids is 2. The van der Waals surface area contributed by atoms with Crippen LogP contribution in [0.25, 0.3) is 0 Å².